The molecule has 0 radical (unpaired) electrons. The summed E-state index contributed by atoms with van der Waals surface area (Å²) in [5, 5.41) is 2.96. The SMILES string of the molecule is O=C(NCCSCc1ccc(Br)s1)[C@@H]1Cc2ccccc2O1. The first-order chi connectivity index (χ1) is 10.7. The number of carbonyl (C=O) groups is 1. The van der Waals surface area contributed by atoms with E-state index in [0.717, 1.165) is 26.6 Å². The maximum absolute atomic E-state index is 12.1. The first kappa shape index (κ1) is 15.9. The molecular formula is C16H16BrNO2S2. The summed E-state index contributed by atoms with van der Waals surface area (Å²) in [5.41, 5.74) is 1.11. The van der Waals surface area contributed by atoms with E-state index in [1.54, 1.807) is 11.3 Å². The van der Waals surface area contributed by atoms with Gasteiger partial charge in [-0.2, -0.15) is 11.8 Å². The first-order valence-electron chi connectivity index (χ1n) is 7.06. The van der Waals surface area contributed by atoms with Crippen molar-refractivity contribution in [2.45, 2.75) is 18.3 Å². The smallest absolute Gasteiger partial charge is 0.261 e. The van der Waals surface area contributed by atoms with Crippen LogP contribution in [0.2, 0.25) is 0 Å². The van der Waals surface area contributed by atoms with Gasteiger partial charge in [0.1, 0.15) is 5.75 Å². The van der Waals surface area contributed by atoms with E-state index in [-0.39, 0.29) is 12.0 Å². The van der Waals surface area contributed by atoms with Crippen LogP contribution in [0.25, 0.3) is 0 Å². The van der Waals surface area contributed by atoms with Crippen LogP contribution in [0.15, 0.2) is 40.2 Å². The fourth-order valence-electron chi connectivity index (χ4n) is 2.29. The minimum atomic E-state index is -0.379. The molecule has 0 bridgehead atoms. The lowest BCUT2D eigenvalue weighted by molar-refractivity contribution is -0.127. The van der Waals surface area contributed by atoms with Crippen molar-refractivity contribution in [2.24, 2.45) is 0 Å². The van der Waals surface area contributed by atoms with Gasteiger partial charge in [-0.15, -0.1) is 11.3 Å². The van der Waals surface area contributed by atoms with Gasteiger partial charge in [0.15, 0.2) is 6.10 Å². The number of thioether (sulfide) groups is 1. The second-order valence-electron chi connectivity index (χ2n) is 4.97. The lowest BCUT2D eigenvalue weighted by atomic mass is 10.1. The fraction of sp³-hybridized carbons (Fsp3) is 0.312. The van der Waals surface area contributed by atoms with Crippen LogP contribution in [0.3, 0.4) is 0 Å². The maximum Gasteiger partial charge on any atom is 0.261 e. The highest BCUT2D eigenvalue weighted by Crippen LogP contribution is 2.28. The molecule has 1 aromatic carbocycles. The topological polar surface area (TPSA) is 38.3 Å². The maximum atomic E-state index is 12.1. The molecule has 1 amide bonds. The first-order valence-corrected chi connectivity index (χ1v) is 9.83. The zero-order chi connectivity index (χ0) is 15.4. The monoisotopic (exact) mass is 397 g/mol. The van der Waals surface area contributed by atoms with Crippen molar-refractivity contribution in [1.29, 1.82) is 0 Å². The number of hydrogen-bond donors (Lipinski definition) is 1. The third-order valence-electron chi connectivity index (χ3n) is 3.36. The van der Waals surface area contributed by atoms with Crippen LogP contribution in [-0.4, -0.2) is 24.3 Å². The van der Waals surface area contributed by atoms with Gasteiger partial charge in [-0.1, -0.05) is 18.2 Å². The summed E-state index contributed by atoms with van der Waals surface area (Å²) in [5.74, 6) is 2.70. The quantitative estimate of drug-likeness (QED) is 0.751. The number of amides is 1. The van der Waals surface area contributed by atoms with E-state index in [1.165, 1.54) is 4.88 Å². The molecule has 1 atom stereocenters. The third kappa shape index (κ3) is 4.06. The van der Waals surface area contributed by atoms with Crippen molar-refractivity contribution >= 4 is 44.9 Å². The van der Waals surface area contributed by atoms with Gasteiger partial charge >= 0.3 is 0 Å². The van der Waals surface area contributed by atoms with Gasteiger partial charge in [0.25, 0.3) is 5.91 Å². The van der Waals surface area contributed by atoms with E-state index in [4.69, 9.17) is 4.74 Å². The Labute approximate surface area is 146 Å². The van der Waals surface area contributed by atoms with Gasteiger partial charge in [0, 0.05) is 29.3 Å². The van der Waals surface area contributed by atoms with Crippen molar-refractivity contribution in [3.05, 3.63) is 50.6 Å². The Balaban J connectivity index is 1.35. The minimum absolute atomic E-state index is 0.0179. The van der Waals surface area contributed by atoms with Crippen LogP contribution >= 0.6 is 39.0 Å². The molecule has 6 heteroatoms. The van der Waals surface area contributed by atoms with E-state index in [2.05, 4.69) is 33.4 Å². The minimum Gasteiger partial charge on any atom is -0.480 e. The molecular weight excluding hydrogens is 382 g/mol. The number of rotatable bonds is 6. The number of benzene rings is 1. The van der Waals surface area contributed by atoms with E-state index >= 15 is 0 Å². The van der Waals surface area contributed by atoms with Gasteiger partial charge in [-0.25, -0.2) is 0 Å². The third-order valence-corrected chi connectivity index (χ3v) is 6.17. The number of hydrogen-bond acceptors (Lipinski definition) is 4. The molecule has 0 aliphatic carbocycles. The molecule has 0 fully saturated rings. The Hall–Kier alpha value is -0.980. The van der Waals surface area contributed by atoms with Gasteiger partial charge < -0.3 is 10.1 Å². The van der Waals surface area contributed by atoms with E-state index < -0.39 is 0 Å². The molecule has 0 saturated heterocycles. The second kappa shape index (κ2) is 7.53. The fourth-order valence-corrected chi connectivity index (χ4v) is 4.74. The molecule has 0 saturated carbocycles. The van der Waals surface area contributed by atoms with E-state index in [1.807, 2.05) is 36.0 Å². The summed E-state index contributed by atoms with van der Waals surface area (Å²) in [4.78, 5) is 13.4. The molecule has 0 unspecified atom stereocenters. The molecule has 1 aromatic heterocycles. The van der Waals surface area contributed by atoms with E-state index in [0.29, 0.717) is 13.0 Å². The van der Waals surface area contributed by atoms with Gasteiger partial charge in [-0.3, -0.25) is 4.79 Å². The molecule has 116 valence electrons. The largest absolute Gasteiger partial charge is 0.480 e. The molecule has 1 aliphatic rings. The highest BCUT2D eigenvalue weighted by Gasteiger charge is 2.28. The van der Waals surface area contributed by atoms with Gasteiger partial charge in [0.2, 0.25) is 0 Å². The van der Waals surface area contributed by atoms with Crippen LogP contribution in [-0.2, 0) is 17.0 Å². The average Bonchev–Trinajstić information content (AvgIpc) is 3.12. The van der Waals surface area contributed by atoms with Crippen molar-refractivity contribution < 1.29 is 9.53 Å². The zero-order valence-corrected chi connectivity index (χ0v) is 15.1. The Morgan fingerprint density at radius 2 is 2.23 bits per heavy atom. The molecule has 2 heterocycles. The van der Waals surface area contributed by atoms with Crippen molar-refractivity contribution in [3.63, 3.8) is 0 Å². The number of thiophene rings is 1. The average molecular weight is 398 g/mol. The summed E-state index contributed by atoms with van der Waals surface area (Å²) in [7, 11) is 0. The highest BCUT2D eigenvalue weighted by molar-refractivity contribution is 9.11. The predicted molar refractivity (Wildman–Crippen MR) is 95.8 cm³/mol. The summed E-state index contributed by atoms with van der Waals surface area (Å²) in [6.07, 6.45) is 0.286. The highest BCUT2D eigenvalue weighted by atomic mass is 79.9. The van der Waals surface area contributed by atoms with Crippen LogP contribution < -0.4 is 10.1 Å². The standard InChI is InChI=1S/C16H16BrNO2S2/c17-15-6-5-12(22-15)10-21-8-7-18-16(19)14-9-11-3-1-2-4-13(11)20-14/h1-6,14H,7-10H2,(H,18,19)/t14-/m0/s1. The van der Waals surface area contributed by atoms with Crippen LogP contribution in [0, 0.1) is 0 Å². The van der Waals surface area contributed by atoms with Crippen molar-refractivity contribution in [3.8, 4) is 5.75 Å². The number of halogens is 1. The van der Waals surface area contributed by atoms with E-state index in [9.17, 15) is 4.79 Å². The second-order valence-corrected chi connectivity index (χ2v) is 8.62. The van der Waals surface area contributed by atoms with Gasteiger partial charge in [0.05, 0.1) is 3.79 Å². The number of fused-ring (bicyclic) bond motifs is 1. The zero-order valence-electron chi connectivity index (χ0n) is 11.9. The van der Waals surface area contributed by atoms with Crippen LogP contribution in [0.5, 0.6) is 5.75 Å². The van der Waals surface area contributed by atoms with Crippen molar-refractivity contribution in [1.82, 2.24) is 5.32 Å². The lowest BCUT2D eigenvalue weighted by Gasteiger charge is -2.11. The molecule has 0 spiro atoms. The van der Waals surface area contributed by atoms with Crippen molar-refractivity contribution in [2.75, 3.05) is 12.3 Å². The lowest BCUT2D eigenvalue weighted by Crippen LogP contribution is -2.38. The van der Waals surface area contributed by atoms with Crippen LogP contribution in [0.1, 0.15) is 10.4 Å². The number of carbonyl (C=O) groups excluding carboxylic acids is 1. The Morgan fingerprint density at radius 3 is 3.00 bits per heavy atom. The van der Waals surface area contributed by atoms with Gasteiger partial charge in [-0.05, 0) is 39.7 Å². The number of ether oxygens (including phenoxy) is 1. The number of nitrogens with one attached hydrogen (secondary N) is 1. The Morgan fingerprint density at radius 1 is 1.36 bits per heavy atom. The molecule has 2 aromatic rings. The summed E-state index contributed by atoms with van der Waals surface area (Å²) < 4.78 is 6.84. The number of para-hydroxylation sites is 1. The predicted octanol–water partition coefficient (Wildman–Crippen LogP) is 3.86. The Kier molecular flexibility index (Phi) is 5.44. The molecule has 3 rings (SSSR count). The molecule has 1 aliphatic heterocycles. The molecule has 3 nitrogen and oxygen atoms in total. The summed E-state index contributed by atoms with van der Waals surface area (Å²) in [6.45, 7) is 0.673. The Bertz CT molecular complexity index is 634. The molecule has 22 heavy (non-hydrogen) atoms. The van der Waals surface area contributed by atoms with Crippen LogP contribution in [0.4, 0.5) is 0 Å². The normalized spacial score (nSPS) is 16.1. The summed E-state index contributed by atoms with van der Waals surface area (Å²) >= 11 is 7.04. The summed E-state index contributed by atoms with van der Waals surface area (Å²) in [6, 6.07) is 12.0. The molecule has 1 N–H and O–H groups in total.